The minimum Gasteiger partial charge on any atom is -0.477 e. The fraction of sp³-hybridized carbons (Fsp3) is 0.600. The zero-order chi connectivity index (χ0) is 15.0. The van der Waals surface area contributed by atoms with Gasteiger partial charge in [-0.1, -0.05) is 33.1 Å². The van der Waals surface area contributed by atoms with Gasteiger partial charge in [-0.05, 0) is 12.3 Å². The SMILES string of the molecule is CCCCC(CC)COc1cc(C(=O)OC)c(N)cn1. The summed E-state index contributed by atoms with van der Waals surface area (Å²) in [5.41, 5.74) is 6.28. The first-order chi connectivity index (χ1) is 9.62. The standard InChI is InChI=1S/C15H24N2O3/c1-4-6-7-11(5-2)10-20-14-8-12(15(18)19-3)13(16)9-17-14/h8-9,11H,4-7,10,16H2,1-3H3. The molecule has 1 rings (SSSR count). The highest BCUT2D eigenvalue weighted by Gasteiger charge is 2.13. The molecule has 0 aromatic carbocycles. The van der Waals surface area contributed by atoms with Crippen LogP contribution in [0, 0.1) is 5.92 Å². The third-order valence-corrected chi connectivity index (χ3v) is 3.33. The number of rotatable bonds is 8. The van der Waals surface area contributed by atoms with Gasteiger partial charge in [0, 0.05) is 6.07 Å². The molecule has 5 nitrogen and oxygen atoms in total. The van der Waals surface area contributed by atoms with Crippen LogP contribution < -0.4 is 10.5 Å². The highest BCUT2D eigenvalue weighted by atomic mass is 16.5. The number of nitrogen functional groups attached to an aromatic ring is 1. The minimum absolute atomic E-state index is 0.291. The average Bonchev–Trinajstić information content (AvgIpc) is 2.48. The van der Waals surface area contributed by atoms with E-state index in [1.165, 1.54) is 32.2 Å². The van der Waals surface area contributed by atoms with Gasteiger partial charge >= 0.3 is 5.97 Å². The Kier molecular flexibility index (Phi) is 6.84. The second-order valence-electron chi connectivity index (χ2n) is 4.83. The van der Waals surface area contributed by atoms with Crippen LogP contribution in [0.5, 0.6) is 5.88 Å². The lowest BCUT2D eigenvalue weighted by atomic mass is 10.0. The predicted molar refractivity (Wildman–Crippen MR) is 78.8 cm³/mol. The molecule has 0 aliphatic rings. The molecule has 5 heteroatoms. The number of anilines is 1. The van der Waals surface area contributed by atoms with E-state index >= 15 is 0 Å². The number of carbonyl (C=O) groups excluding carboxylic acids is 1. The number of pyridine rings is 1. The molecule has 1 heterocycles. The molecule has 0 aliphatic heterocycles. The zero-order valence-corrected chi connectivity index (χ0v) is 12.5. The van der Waals surface area contributed by atoms with Gasteiger partial charge < -0.3 is 15.2 Å². The molecule has 0 aliphatic carbocycles. The van der Waals surface area contributed by atoms with Crippen LogP contribution in [0.4, 0.5) is 5.69 Å². The van der Waals surface area contributed by atoms with E-state index in [-0.39, 0.29) is 0 Å². The number of carbonyl (C=O) groups is 1. The summed E-state index contributed by atoms with van der Waals surface area (Å²) in [6.07, 6.45) is 6.02. The maximum Gasteiger partial charge on any atom is 0.340 e. The lowest BCUT2D eigenvalue weighted by molar-refractivity contribution is 0.0601. The molecule has 0 spiro atoms. The third kappa shape index (κ3) is 4.72. The van der Waals surface area contributed by atoms with E-state index in [2.05, 4.69) is 23.6 Å². The van der Waals surface area contributed by atoms with Crippen LogP contribution in [0.25, 0.3) is 0 Å². The zero-order valence-electron chi connectivity index (χ0n) is 12.5. The number of ether oxygens (including phenoxy) is 2. The third-order valence-electron chi connectivity index (χ3n) is 3.33. The summed E-state index contributed by atoms with van der Waals surface area (Å²) in [6.45, 7) is 4.94. The first-order valence-corrected chi connectivity index (χ1v) is 7.08. The molecule has 0 fully saturated rings. The Balaban J connectivity index is 2.66. The first kappa shape index (κ1) is 16.3. The van der Waals surface area contributed by atoms with Crippen molar-refractivity contribution in [2.24, 2.45) is 5.92 Å². The quantitative estimate of drug-likeness (QED) is 0.741. The van der Waals surface area contributed by atoms with Crippen molar-refractivity contribution in [1.82, 2.24) is 4.98 Å². The Bertz CT molecular complexity index is 435. The number of hydrogen-bond donors (Lipinski definition) is 1. The van der Waals surface area contributed by atoms with E-state index in [1.807, 2.05) is 0 Å². The Morgan fingerprint density at radius 2 is 2.20 bits per heavy atom. The van der Waals surface area contributed by atoms with Crippen molar-refractivity contribution in [3.8, 4) is 5.88 Å². The van der Waals surface area contributed by atoms with Crippen molar-refractivity contribution in [1.29, 1.82) is 0 Å². The molecule has 112 valence electrons. The van der Waals surface area contributed by atoms with Gasteiger partial charge in [0.05, 0.1) is 31.2 Å². The molecule has 1 aromatic heterocycles. The van der Waals surface area contributed by atoms with Crippen molar-refractivity contribution < 1.29 is 14.3 Å². The molecule has 1 aromatic rings. The molecular formula is C15H24N2O3. The topological polar surface area (TPSA) is 74.4 Å². The number of aromatic nitrogens is 1. The van der Waals surface area contributed by atoms with Gasteiger partial charge in [-0.2, -0.15) is 0 Å². The van der Waals surface area contributed by atoms with Crippen molar-refractivity contribution in [3.63, 3.8) is 0 Å². The number of unbranched alkanes of at least 4 members (excludes halogenated alkanes) is 1. The molecule has 1 unspecified atom stereocenters. The second-order valence-corrected chi connectivity index (χ2v) is 4.83. The molecule has 0 bridgehead atoms. The summed E-state index contributed by atoms with van der Waals surface area (Å²) in [5, 5.41) is 0. The van der Waals surface area contributed by atoms with E-state index in [0.29, 0.717) is 29.7 Å². The van der Waals surface area contributed by atoms with Gasteiger partial charge in [-0.25, -0.2) is 9.78 Å². The smallest absolute Gasteiger partial charge is 0.340 e. The Labute approximate surface area is 120 Å². The van der Waals surface area contributed by atoms with Crippen LogP contribution in [0.2, 0.25) is 0 Å². The summed E-state index contributed by atoms with van der Waals surface area (Å²) in [4.78, 5) is 15.6. The summed E-state index contributed by atoms with van der Waals surface area (Å²) in [6, 6.07) is 1.54. The molecule has 2 N–H and O–H groups in total. The van der Waals surface area contributed by atoms with Gasteiger partial charge in [0.15, 0.2) is 0 Å². The number of nitrogens with two attached hydrogens (primary N) is 1. The molecule has 20 heavy (non-hydrogen) atoms. The van der Waals surface area contributed by atoms with Crippen LogP contribution in [0.3, 0.4) is 0 Å². The molecule has 1 atom stereocenters. The highest BCUT2D eigenvalue weighted by Crippen LogP contribution is 2.19. The predicted octanol–water partition coefficient (Wildman–Crippen LogP) is 3.05. The first-order valence-electron chi connectivity index (χ1n) is 7.08. The van der Waals surface area contributed by atoms with Gasteiger partial charge in [0.2, 0.25) is 5.88 Å². The van der Waals surface area contributed by atoms with Gasteiger partial charge in [-0.15, -0.1) is 0 Å². The van der Waals surface area contributed by atoms with E-state index in [9.17, 15) is 4.79 Å². The minimum atomic E-state index is -0.479. The average molecular weight is 280 g/mol. The summed E-state index contributed by atoms with van der Waals surface area (Å²) in [7, 11) is 1.32. The molecule has 0 saturated carbocycles. The van der Waals surface area contributed by atoms with Crippen molar-refractivity contribution >= 4 is 11.7 Å². The Hall–Kier alpha value is -1.78. The van der Waals surface area contributed by atoms with Crippen LogP contribution in [-0.4, -0.2) is 24.7 Å². The van der Waals surface area contributed by atoms with Gasteiger partial charge in [-0.3, -0.25) is 0 Å². The monoisotopic (exact) mass is 280 g/mol. The van der Waals surface area contributed by atoms with Gasteiger partial charge in [0.1, 0.15) is 0 Å². The summed E-state index contributed by atoms with van der Waals surface area (Å²) in [5.74, 6) is 0.443. The van der Waals surface area contributed by atoms with Crippen LogP contribution in [0.1, 0.15) is 49.9 Å². The lowest BCUT2D eigenvalue weighted by Crippen LogP contribution is -2.13. The Morgan fingerprint density at radius 1 is 1.45 bits per heavy atom. The van der Waals surface area contributed by atoms with Crippen molar-refractivity contribution in [2.75, 3.05) is 19.5 Å². The molecule has 0 saturated heterocycles. The van der Waals surface area contributed by atoms with E-state index in [4.69, 9.17) is 10.5 Å². The fourth-order valence-electron chi connectivity index (χ4n) is 1.91. The number of hydrogen-bond acceptors (Lipinski definition) is 5. The maximum atomic E-state index is 11.5. The highest BCUT2D eigenvalue weighted by molar-refractivity contribution is 5.95. The molecular weight excluding hydrogens is 256 g/mol. The van der Waals surface area contributed by atoms with Crippen molar-refractivity contribution in [3.05, 3.63) is 17.8 Å². The molecule has 0 amide bonds. The van der Waals surface area contributed by atoms with Crippen LogP contribution in [-0.2, 0) is 4.74 Å². The second kappa shape index (κ2) is 8.40. The lowest BCUT2D eigenvalue weighted by Gasteiger charge is -2.15. The summed E-state index contributed by atoms with van der Waals surface area (Å²) >= 11 is 0. The van der Waals surface area contributed by atoms with Crippen LogP contribution in [0.15, 0.2) is 12.3 Å². The maximum absolute atomic E-state index is 11.5. The largest absolute Gasteiger partial charge is 0.477 e. The normalized spacial score (nSPS) is 11.9. The number of methoxy groups -OCH3 is 1. The van der Waals surface area contributed by atoms with E-state index in [1.54, 1.807) is 0 Å². The van der Waals surface area contributed by atoms with E-state index in [0.717, 1.165) is 12.8 Å². The molecule has 0 radical (unpaired) electrons. The van der Waals surface area contributed by atoms with Gasteiger partial charge in [0.25, 0.3) is 0 Å². The number of esters is 1. The Morgan fingerprint density at radius 3 is 2.80 bits per heavy atom. The fourth-order valence-corrected chi connectivity index (χ4v) is 1.91. The van der Waals surface area contributed by atoms with E-state index < -0.39 is 5.97 Å². The number of nitrogens with zero attached hydrogens (tertiary/aromatic N) is 1. The van der Waals surface area contributed by atoms with Crippen molar-refractivity contribution in [2.45, 2.75) is 39.5 Å². The van der Waals surface area contributed by atoms with Crippen LogP contribution >= 0.6 is 0 Å². The summed E-state index contributed by atoms with van der Waals surface area (Å²) < 4.78 is 10.3.